The van der Waals surface area contributed by atoms with Crippen LogP contribution in [0.4, 0.5) is 0 Å². The zero-order valence-electron chi connectivity index (χ0n) is 13.2. The van der Waals surface area contributed by atoms with Crippen LogP contribution in [0, 0.1) is 5.41 Å². The van der Waals surface area contributed by atoms with Gasteiger partial charge in [0.05, 0.1) is 17.3 Å². The summed E-state index contributed by atoms with van der Waals surface area (Å²) >= 11 is 0. The second kappa shape index (κ2) is 6.22. The number of ether oxygens (including phenoxy) is 1. The van der Waals surface area contributed by atoms with Crippen LogP contribution in [0.2, 0.25) is 0 Å². The van der Waals surface area contributed by atoms with Crippen molar-refractivity contribution in [1.29, 1.82) is 0 Å². The summed E-state index contributed by atoms with van der Waals surface area (Å²) in [6.45, 7) is 1.11. The average Bonchev–Trinajstić information content (AvgIpc) is 2.98. The first-order chi connectivity index (χ1) is 11.0. The Balaban J connectivity index is 1.82. The van der Waals surface area contributed by atoms with Gasteiger partial charge in [-0.1, -0.05) is 30.3 Å². The smallest absolute Gasteiger partial charge is 0.230 e. The highest BCUT2D eigenvalue weighted by molar-refractivity contribution is 7.88. The monoisotopic (exact) mass is 338 g/mol. The molecule has 0 aromatic heterocycles. The number of carbonyl (C=O) groups excluding carboxylic acids is 1. The summed E-state index contributed by atoms with van der Waals surface area (Å²) in [6.07, 6.45) is 0.932. The van der Waals surface area contributed by atoms with Crippen LogP contribution in [0.15, 0.2) is 30.3 Å². The second-order valence-corrected chi connectivity index (χ2v) is 8.18. The zero-order chi connectivity index (χ0) is 16.5. The van der Waals surface area contributed by atoms with E-state index in [2.05, 4.69) is 5.32 Å². The minimum absolute atomic E-state index is 0.0385. The molecule has 0 radical (unpaired) electrons. The fourth-order valence-electron chi connectivity index (χ4n) is 3.59. The van der Waals surface area contributed by atoms with Crippen LogP contribution < -0.4 is 5.32 Å². The molecule has 3 rings (SSSR count). The van der Waals surface area contributed by atoms with E-state index >= 15 is 0 Å². The molecular formula is C16H22N2O4S. The highest BCUT2D eigenvalue weighted by atomic mass is 32.2. The minimum atomic E-state index is -3.46. The summed E-state index contributed by atoms with van der Waals surface area (Å²) in [7, 11) is -1.87. The lowest BCUT2D eigenvalue weighted by atomic mass is 9.76. The van der Waals surface area contributed by atoms with Crippen molar-refractivity contribution >= 4 is 15.9 Å². The highest BCUT2D eigenvalue weighted by Crippen LogP contribution is 2.42. The van der Waals surface area contributed by atoms with Crippen LogP contribution in [0.1, 0.15) is 18.4 Å². The lowest BCUT2D eigenvalue weighted by Crippen LogP contribution is -2.57. The van der Waals surface area contributed by atoms with E-state index in [0.717, 1.165) is 5.56 Å². The van der Waals surface area contributed by atoms with Crippen molar-refractivity contribution in [2.75, 3.05) is 26.7 Å². The maximum atomic E-state index is 12.8. The topological polar surface area (TPSA) is 75.7 Å². The van der Waals surface area contributed by atoms with Crippen LogP contribution in [0.5, 0.6) is 0 Å². The van der Waals surface area contributed by atoms with Gasteiger partial charge in [-0.15, -0.1) is 0 Å². The van der Waals surface area contributed by atoms with Crippen LogP contribution in [-0.2, 0) is 25.3 Å². The first-order valence-corrected chi connectivity index (χ1v) is 9.44. The lowest BCUT2D eigenvalue weighted by Gasteiger charge is -2.41. The van der Waals surface area contributed by atoms with E-state index in [9.17, 15) is 13.2 Å². The van der Waals surface area contributed by atoms with Crippen molar-refractivity contribution in [2.24, 2.45) is 5.41 Å². The molecule has 7 heteroatoms. The van der Waals surface area contributed by atoms with Crippen LogP contribution in [0.25, 0.3) is 0 Å². The summed E-state index contributed by atoms with van der Waals surface area (Å²) in [5.41, 5.74) is 0.00261. The Hall–Kier alpha value is -1.44. The molecular weight excluding hydrogens is 316 g/mol. The molecule has 1 aromatic carbocycles. The molecule has 126 valence electrons. The Morgan fingerprint density at radius 3 is 2.83 bits per heavy atom. The molecule has 2 heterocycles. The van der Waals surface area contributed by atoms with Gasteiger partial charge in [0.1, 0.15) is 0 Å². The highest BCUT2D eigenvalue weighted by Gasteiger charge is 2.54. The molecule has 6 nitrogen and oxygen atoms in total. The van der Waals surface area contributed by atoms with Crippen LogP contribution in [-0.4, -0.2) is 51.5 Å². The number of benzene rings is 1. The predicted molar refractivity (Wildman–Crippen MR) is 86.1 cm³/mol. The van der Waals surface area contributed by atoms with Crippen LogP contribution >= 0.6 is 0 Å². The van der Waals surface area contributed by atoms with Gasteiger partial charge in [-0.25, -0.2) is 12.7 Å². The lowest BCUT2D eigenvalue weighted by molar-refractivity contribution is -0.136. The van der Waals surface area contributed by atoms with Crippen molar-refractivity contribution < 1.29 is 17.9 Å². The molecule has 2 saturated heterocycles. The number of sulfonamides is 1. The quantitative estimate of drug-likeness (QED) is 0.879. The van der Waals surface area contributed by atoms with E-state index in [1.807, 2.05) is 18.2 Å². The molecule has 0 bridgehead atoms. The second-order valence-electron chi connectivity index (χ2n) is 6.21. The zero-order valence-corrected chi connectivity index (χ0v) is 14.0. The number of rotatable bonds is 4. The molecule has 23 heavy (non-hydrogen) atoms. The van der Waals surface area contributed by atoms with Gasteiger partial charge >= 0.3 is 0 Å². The van der Waals surface area contributed by atoms with E-state index in [4.69, 9.17) is 4.74 Å². The van der Waals surface area contributed by atoms with E-state index < -0.39 is 15.4 Å². The summed E-state index contributed by atoms with van der Waals surface area (Å²) in [4.78, 5) is 12.4. The molecule has 2 atom stereocenters. The Bertz CT molecular complexity index is 677. The molecule has 1 amide bonds. The number of nitrogens with zero attached hydrogens (tertiary/aromatic N) is 1. The molecule has 1 N–H and O–H groups in total. The Kier molecular flexibility index (Phi) is 4.44. The Labute approximate surface area is 136 Å². The van der Waals surface area contributed by atoms with Gasteiger partial charge in [-0.3, -0.25) is 4.79 Å². The Morgan fingerprint density at radius 1 is 1.39 bits per heavy atom. The fourth-order valence-corrected chi connectivity index (χ4v) is 5.20. The van der Waals surface area contributed by atoms with Gasteiger partial charge in [0.2, 0.25) is 15.9 Å². The standard InChI is InChI=1S/C16H22N2O4S/c1-17-15(19)16-8-10-22-14(16)7-9-18(12-16)23(20,21)11-13-5-3-2-4-6-13/h2-6,14H,7-12H2,1H3,(H,17,19)/t14-,16-/m1/s1. The summed E-state index contributed by atoms with van der Waals surface area (Å²) in [5, 5.41) is 2.68. The fraction of sp³-hybridized carbons (Fsp3) is 0.562. The number of hydrogen-bond acceptors (Lipinski definition) is 4. The molecule has 2 aliphatic heterocycles. The molecule has 1 aromatic rings. The van der Waals surface area contributed by atoms with Gasteiger partial charge in [0, 0.05) is 26.7 Å². The van der Waals surface area contributed by atoms with Crippen molar-refractivity contribution in [3.05, 3.63) is 35.9 Å². The van der Waals surface area contributed by atoms with Crippen molar-refractivity contribution in [1.82, 2.24) is 9.62 Å². The first kappa shape index (κ1) is 16.4. The van der Waals surface area contributed by atoms with Crippen LogP contribution in [0.3, 0.4) is 0 Å². The van der Waals surface area contributed by atoms with E-state index in [1.165, 1.54) is 4.31 Å². The summed E-state index contributed by atoms with van der Waals surface area (Å²) < 4.78 is 32.6. The number of amides is 1. The van der Waals surface area contributed by atoms with Gasteiger partial charge in [-0.05, 0) is 18.4 Å². The minimum Gasteiger partial charge on any atom is -0.377 e. The van der Waals surface area contributed by atoms with Gasteiger partial charge < -0.3 is 10.1 Å². The number of hydrogen-bond donors (Lipinski definition) is 1. The third-order valence-corrected chi connectivity index (χ3v) is 6.64. The predicted octanol–water partition coefficient (Wildman–Crippen LogP) is 0.743. The number of piperidine rings is 1. The van der Waals surface area contributed by atoms with E-state index in [1.54, 1.807) is 19.2 Å². The van der Waals surface area contributed by atoms with E-state index in [0.29, 0.717) is 26.0 Å². The maximum Gasteiger partial charge on any atom is 0.230 e. The summed E-state index contributed by atoms with van der Waals surface area (Å²) in [5.74, 6) is -0.164. The normalized spacial score (nSPS) is 28.3. The molecule has 0 unspecified atom stereocenters. The average molecular weight is 338 g/mol. The molecule has 0 saturated carbocycles. The van der Waals surface area contributed by atoms with Crippen molar-refractivity contribution in [3.63, 3.8) is 0 Å². The molecule has 2 fully saturated rings. The maximum absolute atomic E-state index is 12.8. The van der Waals surface area contributed by atoms with Gasteiger partial charge in [0.15, 0.2) is 0 Å². The number of fused-ring (bicyclic) bond motifs is 1. The van der Waals surface area contributed by atoms with Gasteiger partial charge in [0.25, 0.3) is 0 Å². The van der Waals surface area contributed by atoms with Crippen molar-refractivity contribution in [2.45, 2.75) is 24.7 Å². The Morgan fingerprint density at radius 2 is 2.13 bits per heavy atom. The SMILES string of the molecule is CNC(=O)[C@@]12CCO[C@@H]1CCN(S(=O)(=O)Cc1ccccc1)C2. The third-order valence-electron chi connectivity index (χ3n) is 4.85. The first-order valence-electron chi connectivity index (χ1n) is 7.83. The van der Waals surface area contributed by atoms with Gasteiger partial charge in [-0.2, -0.15) is 0 Å². The molecule has 2 aliphatic rings. The third kappa shape index (κ3) is 3.00. The number of nitrogens with one attached hydrogen (secondary N) is 1. The van der Waals surface area contributed by atoms with Crippen molar-refractivity contribution in [3.8, 4) is 0 Å². The largest absolute Gasteiger partial charge is 0.377 e. The molecule has 0 aliphatic carbocycles. The summed E-state index contributed by atoms with van der Waals surface area (Å²) in [6, 6.07) is 9.12. The number of carbonyl (C=O) groups is 1. The molecule has 0 spiro atoms. The van der Waals surface area contributed by atoms with E-state index in [-0.39, 0.29) is 24.3 Å².